The van der Waals surface area contributed by atoms with Crippen molar-refractivity contribution in [3.8, 4) is 5.75 Å². The van der Waals surface area contributed by atoms with Crippen molar-refractivity contribution >= 4 is 38.1 Å². The Bertz CT molecular complexity index is 1070. The summed E-state index contributed by atoms with van der Waals surface area (Å²) in [6, 6.07) is 13.4. The van der Waals surface area contributed by atoms with Crippen LogP contribution in [0.4, 0.5) is 5.13 Å². The van der Waals surface area contributed by atoms with Gasteiger partial charge in [0.1, 0.15) is 16.9 Å². The second-order valence-electron chi connectivity index (χ2n) is 6.89. The number of sulfone groups is 1. The fourth-order valence-corrected chi connectivity index (χ4v) is 5.34. The molecule has 3 N–H and O–H groups in total. The number of benzene rings is 2. The molecular formula is C20H23ClN4O3S2. The SMILES string of the molecule is COc1ccc(S(=O)(=O)C(CC(C)N)Nc2nc(Cc3ccc(Cl)cc3)ns2)cc1. The number of anilines is 1. The van der Waals surface area contributed by atoms with Gasteiger partial charge in [0, 0.05) is 29.0 Å². The predicted molar refractivity (Wildman–Crippen MR) is 120 cm³/mol. The number of rotatable bonds is 9. The lowest BCUT2D eigenvalue weighted by molar-refractivity contribution is 0.414. The van der Waals surface area contributed by atoms with E-state index < -0.39 is 15.2 Å². The van der Waals surface area contributed by atoms with Gasteiger partial charge in [-0.2, -0.15) is 4.37 Å². The van der Waals surface area contributed by atoms with E-state index in [0.29, 0.717) is 28.1 Å². The zero-order chi connectivity index (χ0) is 21.7. The van der Waals surface area contributed by atoms with Crippen molar-refractivity contribution in [2.24, 2.45) is 5.73 Å². The first kappa shape index (κ1) is 22.5. The van der Waals surface area contributed by atoms with Crippen molar-refractivity contribution in [3.63, 3.8) is 0 Å². The molecule has 2 unspecified atom stereocenters. The van der Waals surface area contributed by atoms with Crippen LogP contribution in [0.1, 0.15) is 24.7 Å². The lowest BCUT2D eigenvalue weighted by atomic mass is 10.1. The van der Waals surface area contributed by atoms with Gasteiger partial charge in [-0.15, -0.1) is 0 Å². The van der Waals surface area contributed by atoms with Crippen LogP contribution < -0.4 is 15.8 Å². The van der Waals surface area contributed by atoms with E-state index in [-0.39, 0.29) is 17.4 Å². The maximum absolute atomic E-state index is 13.2. The highest BCUT2D eigenvalue weighted by Crippen LogP contribution is 2.25. The number of nitrogens with one attached hydrogen (secondary N) is 1. The maximum Gasteiger partial charge on any atom is 0.203 e. The molecule has 0 fully saturated rings. The number of halogens is 1. The minimum Gasteiger partial charge on any atom is -0.497 e. The normalized spacial score (nSPS) is 13.6. The summed E-state index contributed by atoms with van der Waals surface area (Å²) in [7, 11) is -2.17. The summed E-state index contributed by atoms with van der Waals surface area (Å²) < 4.78 is 35.8. The number of hydrogen-bond donors (Lipinski definition) is 2. The van der Waals surface area contributed by atoms with Gasteiger partial charge in [0.25, 0.3) is 0 Å². The van der Waals surface area contributed by atoms with Crippen LogP contribution >= 0.6 is 23.1 Å². The van der Waals surface area contributed by atoms with Crippen molar-refractivity contribution in [2.75, 3.05) is 12.4 Å². The van der Waals surface area contributed by atoms with Crippen LogP contribution in [0.3, 0.4) is 0 Å². The molecule has 30 heavy (non-hydrogen) atoms. The highest BCUT2D eigenvalue weighted by atomic mass is 35.5. The van der Waals surface area contributed by atoms with Crippen LogP contribution in [-0.2, 0) is 16.3 Å². The van der Waals surface area contributed by atoms with E-state index in [1.54, 1.807) is 19.1 Å². The van der Waals surface area contributed by atoms with Gasteiger partial charge in [0.2, 0.25) is 5.13 Å². The zero-order valence-electron chi connectivity index (χ0n) is 16.6. The van der Waals surface area contributed by atoms with Gasteiger partial charge in [-0.3, -0.25) is 0 Å². The quantitative estimate of drug-likeness (QED) is 0.494. The fraction of sp³-hybridized carbons (Fsp3) is 0.300. The summed E-state index contributed by atoms with van der Waals surface area (Å²) in [5, 5.41) is 3.18. The third kappa shape index (κ3) is 5.69. The Hall–Kier alpha value is -2.20. The number of nitrogens with zero attached hydrogens (tertiary/aromatic N) is 2. The highest BCUT2D eigenvalue weighted by Gasteiger charge is 2.29. The summed E-state index contributed by atoms with van der Waals surface area (Å²) in [6.45, 7) is 1.77. The molecule has 3 rings (SSSR count). The molecule has 1 aromatic heterocycles. The molecule has 3 aromatic rings. The van der Waals surface area contributed by atoms with E-state index in [4.69, 9.17) is 22.1 Å². The molecule has 0 spiro atoms. The van der Waals surface area contributed by atoms with Crippen LogP contribution in [-0.4, -0.2) is 36.3 Å². The lowest BCUT2D eigenvalue weighted by Crippen LogP contribution is -2.35. The van der Waals surface area contributed by atoms with Crippen LogP contribution in [0.25, 0.3) is 0 Å². The molecule has 0 aliphatic carbocycles. The molecule has 0 bridgehead atoms. The first-order valence-electron chi connectivity index (χ1n) is 9.25. The molecule has 0 aliphatic rings. The Morgan fingerprint density at radius 2 is 1.83 bits per heavy atom. The van der Waals surface area contributed by atoms with Gasteiger partial charge in [-0.1, -0.05) is 23.7 Å². The van der Waals surface area contributed by atoms with Gasteiger partial charge in [0.15, 0.2) is 9.84 Å². The number of ether oxygens (including phenoxy) is 1. The van der Waals surface area contributed by atoms with E-state index in [2.05, 4.69) is 14.7 Å². The Balaban J connectivity index is 1.79. The first-order chi connectivity index (χ1) is 14.3. The maximum atomic E-state index is 13.2. The van der Waals surface area contributed by atoms with Gasteiger partial charge in [-0.05, 0) is 55.3 Å². The van der Waals surface area contributed by atoms with Crippen LogP contribution in [0.15, 0.2) is 53.4 Å². The molecule has 1 heterocycles. The molecule has 160 valence electrons. The molecule has 2 aromatic carbocycles. The van der Waals surface area contributed by atoms with E-state index >= 15 is 0 Å². The molecule has 7 nitrogen and oxygen atoms in total. The van der Waals surface area contributed by atoms with Gasteiger partial charge in [0.05, 0.1) is 12.0 Å². The van der Waals surface area contributed by atoms with Crippen molar-refractivity contribution in [2.45, 2.75) is 36.1 Å². The molecule has 10 heteroatoms. The third-order valence-corrected chi connectivity index (χ3v) is 7.30. The zero-order valence-corrected chi connectivity index (χ0v) is 19.0. The van der Waals surface area contributed by atoms with Crippen molar-refractivity contribution in [1.82, 2.24) is 9.36 Å². The van der Waals surface area contributed by atoms with Gasteiger partial charge >= 0.3 is 0 Å². The third-order valence-electron chi connectivity index (χ3n) is 4.38. The van der Waals surface area contributed by atoms with Crippen molar-refractivity contribution < 1.29 is 13.2 Å². The van der Waals surface area contributed by atoms with Gasteiger partial charge in [-0.25, -0.2) is 13.4 Å². The second kappa shape index (κ2) is 9.74. The lowest BCUT2D eigenvalue weighted by Gasteiger charge is -2.20. The number of nitrogens with two attached hydrogens (primary N) is 1. The van der Waals surface area contributed by atoms with E-state index in [0.717, 1.165) is 17.1 Å². The number of hydrogen-bond acceptors (Lipinski definition) is 8. The van der Waals surface area contributed by atoms with Crippen molar-refractivity contribution in [3.05, 3.63) is 64.9 Å². The smallest absolute Gasteiger partial charge is 0.203 e. The standard InChI is InChI=1S/C20H23ClN4O3S2/c1-13(22)11-19(30(26,27)17-9-7-16(28-2)8-10-17)24-20-23-18(25-29-20)12-14-3-5-15(21)6-4-14/h3-10,13,19H,11-12,22H2,1-2H3,(H,23,24,25). The monoisotopic (exact) mass is 466 g/mol. The molecule has 2 atom stereocenters. The van der Waals surface area contributed by atoms with Crippen molar-refractivity contribution in [1.29, 1.82) is 0 Å². The summed E-state index contributed by atoms with van der Waals surface area (Å²) in [5.74, 6) is 1.19. The summed E-state index contributed by atoms with van der Waals surface area (Å²) in [4.78, 5) is 4.64. The minimum atomic E-state index is -3.70. The molecule has 0 saturated carbocycles. The Kier molecular flexibility index (Phi) is 7.30. The highest BCUT2D eigenvalue weighted by molar-refractivity contribution is 7.92. The second-order valence-corrected chi connectivity index (χ2v) is 10.2. The summed E-state index contributed by atoms with van der Waals surface area (Å²) in [5.41, 5.74) is 6.93. The molecule has 0 aliphatic heterocycles. The molecular weight excluding hydrogens is 444 g/mol. The van der Waals surface area contributed by atoms with E-state index in [1.807, 2.05) is 24.3 Å². The largest absolute Gasteiger partial charge is 0.497 e. The van der Waals surface area contributed by atoms with Crippen LogP contribution in [0, 0.1) is 0 Å². The Morgan fingerprint density at radius 1 is 1.17 bits per heavy atom. The average Bonchev–Trinajstić information content (AvgIpc) is 3.16. The molecule has 0 saturated heterocycles. The minimum absolute atomic E-state index is 0.187. The average molecular weight is 467 g/mol. The van der Waals surface area contributed by atoms with Crippen LogP contribution in [0.5, 0.6) is 5.75 Å². The summed E-state index contributed by atoms with van der Waals surface area (Å²) >= 11 is 7.04. The number of aromatic nitrogens is 2. The molecule has 0 radical (unpaired) electrons. The fourth-order valence-electron chi connectivity index (χ4n) is 2.84. The Morgan fingerprint density at radius 3 is 2.43 bits per heavy atom. The topological polar surface area (TPSA) is 107 Å². The first-order valence-corrected chi connectivity index (χ1v) is 11.9. The van der Waals surface area contributed by atoms with Crippen LogP contribution in [0.2, 0.25) is 5.02 Å². The number of methoxy groups -OCH3 is 1. The predicted octanol–water partition coefficient (Wildman–Crippen LogP) is 3.74. The van der Waals surface area contributed by atoms with E-state index in [9.17, 15) is 8.42 Å². The Labute approximate surface area is 185 Å². The van der Waals surface area contributed by atoms with Gasteiger partial charge < -0.3 is 15.8 Å². The molecule has 0 amide bonds. The van der Waals surface area contributed by atoms with E-state index in [1.165, 1.54) is 19.2 Å². The summed E-state index contributed by atoms with van der Waals surface area (Å²) in [6.07, 6.45) is 0.749.